The second-order valence-corrected chi connectivity index (χ2v) is 9.84. The molecule has 3 aromatic carbocycles. The highest BCUT2D eigenvalue weighted by molar-refractivity contribution is 5.98. The molecule has 0 spiro atoms. The zero-order valence-electron chi connectivity index (χ0n) is 23.8. The van der Waals surface area contributed by atoms with Gasteiger partial charge in [0.2, 0.25) is 5.91 Å². The maximum Gasteiger partial charge on any atom is 0.416 e. The van der Waals surface area contributed by atoms with Crippen LogP contribution in [0.4, 0.5) is 23.2 Å². The predicted molar refractivity (Wildman–Crippen MR) is 153 cm³/mol. The quantitative estimate of drug-likeness (QED) is 0.249. The van der Waals surface area contributed by atoms with Gasteiger partial charge in [0, 0.05) is 42.0 Å². The average Bonchev–Trinajstić information content (AvgIpc) is 2.96. The summed E-state index contributed by atoms with van der Waals surface area (Å²) in [6.45, 7) is 0.697. The number of hydrogen-bond donors (Lipinski definition) is 2. The van der Waals surface area contributed by atoms with Crippen molar-refractivity contribution >= 4 is 28.5 Å². The molecule has 0 radical (unpaired) electrons. The zero-order chi connectivity index (χ0) is 31.3. The third-order valence-corrected chi connectivity index (χ3v) is 6.40. The number of likely N-dealkylation sites (N-methyl/N-ethyl adjacent to an activating group) is 1. The SMILES string of the molecule is COc1cc2ncc(-c3ccc(CC(=O)Nc4cc(C(=O)NCCN(C)C)cc(C(F)(F)F)c4)c(F)c3)nc2cc1OC. The number of alkyl halides is 3. The molecule has 4 aromatic rings. The average molecular weight is 600 g/mol. The van der Waals surface area contributed by atoms with Crippen LogP contribution in [0, 0.1) is 5.82 Å². The Hall–Kier alpha value is -4.78. The number of amides is 2. The largest absolute Gasteiger partial charge is 0.493 e. The number of methoxy groups -OCH3 is 2. The van der Waals surface area contributed by atoms with E-state index in [1.807, 2.05) is 0 Å². The van der Waals surface area contributed by atoms with E-state index in [1.54, 1.807) is 37.2 Å². The number of aromatic nitrogens is 2. The number of carbonyl (C=O) groups excluding carboxylic acids is 2. The summed E-state index contributed by atoms with van der Waals surface area (Å²) in [7, 11) is 6.56. The van der Waals surface area contributed by atoms with E-state index in [0.717, 1.165) is 12.1 Å². The van der Waals surface area contributed by atoms with Crippen LogP contribution in [0.1, 0.15) is 21.5 Å². The molecule has 0 aliphatic carbocycles. The summed E-state index contributed by atoms with van der Waals surface area (Å²) in [5, 5.41) is 4.89. The predicted octanol–water partition coefficient (Wildman–Crippen LogP) is 4.94. The second-order valence-electron chi connectivity index (χ2n) is 9.84. The molecule has 9 nitrogen and oxygen atoms in total. The van der Waals surface area contributed by atoms with Crippen molar-refractivity contribution in [3.63, 3.8) is 0 Å². The van der Waals surface area contributed by atoms with E-state index in [-0.39, 0.29) is 23.4 Å². The first-order valence-corrected chi connectivity index (χ1v) is 13.0. The molecule has 0 aliphatic heterocycles. The van der Waals surface area contributed by atoms with Crippen LogP contribution in [0.3, 0.4) is 0 Å². The van der Waals surface area contributed by atoms with Gasteiger partial charge in [-0.3, -0.25) is 14.6 Å². The third-order valence-electron chi connectivity index (χ3n) is 6.40. The van der Waals surface area contributed by atoms with Crippen molar-refractivity contribution in [3.05, 3.63) is 77.2 Å². The number of fused-ring (bicyclic) bond motifs is 1. The molecule has 13 heteroatoms. The Morgan fingerprint density at radius 3 is 2.28 bits per heavy atom. The van der Waals surface area contributed by atoms with Crippen molar-refractivity contribution in [1.29, 1.82) is 0 Å². The van der Waals surface area contributed by atoms with E-state index in [0.29, 0.717) is 46.4 Å². The number of nitrogens with zero attached hydrogens (tertiary/aromatic N) is 3. The molecule has 0 fully saturated rings. The third kappa shape index (κ3) is 7.74. The highest BCUT2D eigenvalue weighted by atomic mass is 19.4. The van der Waals surface area contributed by atoms with E-state index in [1.165, 1.54) is 32.5 Å². The van der Waals surface area contributed by atoms with Crippen LogP contribution in [0.5, 0.6) is 11.5 Å². The number of benzene rings is 3. The molecule has 4 rings (SSSR count). The fraction of sp³-hybridized carbons (Fsp3) is 0.267. The lowest BCUT2D eigenvalue weighted by Crippen LogP contribution is -2.31. The molecule has 226 valence electrons. The number of hydrogen-bond acceptors (Lipinski definition) is 7. The van der Waals surface area contributed by atoms with Crippen LogP contribution in [0.2, 0.25) is 0 Å². The summed E-state index contributed by atoms with van der Waals surface area (Å²) in [6, 6.07) is 10.0. The first kappa shape index (κ1) is 31.2. The van der Waals surface area contributed by atoms with Crippen molar-refractivity contribution in [1.82, 2.24) is 20.2 Å². The van der Waals surface area contributed by atoms with Crippen molar-refractivity contribution in [2.75, 3.05) is 46.7 Å². The summed E-state index contributed by atoms with van der Waals surface area (Å²) in [6.07, 6.45) is -3.76. The molecule has 0 saturated carbocycles. The van der Waals surface area contributed by atoms with Crippen LogP contribution in [0.25, 0.3) is 22.3 Å². The van der Waals surface area contributed by atoms with Gasteiger partial charge in [0.15, 0.2) is 11.5 Å². The minimum Gasteiger partial charge on any atom is -0.493 e. The molecule has 2 N–H and O–H groups in total. The Kier molecular flexibility index (Phi) is 9.44. The Labute approximate surface area is 244 Å². The summed E-state index contributed by atoms with van der Waals surface area (Å²) in [5.74, 6) is -1.27. The fourth-order valence-corrected chi connectivity index (χ4v) is 4.20. The van der Waals surface area contributed by atoms with Gasteiger partial charge in [-0.15, -0.1) is 0 Å². The molecule has 0 atom stereocenters. The summed E-state index contributed by atoms with van der Waals surface area (Å²) in [4.78, 5) is 35.9. The number of nitrogens with one attached hydrogen (secondary N) is 2. The lowest BCUT2D eigenvalue weighted by molar-refractivity contribution is -0.137. The Balaban J connectivity index is 1.51. The molecule has 2 amide bonds. The first-order chi connectivity index (χ1) is 20.4. The van der Waals surface area contributed by atoms with Gasteiger partial charge >= 0.3 is 6.18 Å². The Morgan fingerprint density at radius 2 is 1.65 bits per heavy atom. The van der Waals surface area contributed by atoms with Gasteiger partial charge in [0.05, 0.1) is 49.1 Å². The molecule has 0 bridgehead atoms. The maximum absolute atomic E-state index is 15.1. The number of carbonyl (C=O) groups is 2. The molecule has 1 aromatic heterocycles. The van der Waals surface area contributed by atoms with Crippen LogP contribution in [-0.4, -0.2) is 68.1 Å². The number of halogens is 4. The minimum atomic E-state index is -4.76. The molecule has 0 saturated heterocycles. The van der Waals surface area contributed by atoms with Gasteiger partial charge in [-0.1, -0.05) is 12.1 Å². The molecule has 0 unspecified atom stereocenters. The number of anilines is 1. The highest BCUT2D eigenvalue weighted by Gasteiger charge is 2.32. The summed E-state index contributed by atoms with van der Waals surface area (Å²) < 4.78 is 66.2. The Bertz CT molecular complexity index is 1660. The summed E-state index contributed by atoms with van der Waals surface area (Å²) >= 11 is 0. The maximum atomic E-state index is 15.1. The Morgan fingerprint density at radius 1 is 0.953 bits per heavy atom. The van der Waals surface area contributed by atoms with Crippen molar-refractivity contribution in [2.45, 2.75) is 12.6 Å². The van der Waals surface area contributed by atoms with E-state index in [4.69, 9.17) is 9.47 Å². The van der Waals surface area contributed by atoms with E-state index >= 15 is 4.39 Å². The second kappa shape index (κ2) is 13.0. The molecule has 43 heavy (non-hydrogen) atoms. The van der Waals surface area contributed by atoms with Gasteiger partial charge in [-0.25, -0.2) is 9.37 Å². The van der Waals surface area contributed by atoms with Crippen molar-refractivity contribution < 1.29 is 36.6 Å². The monoisotopic (exact) mass is 599 g/mol. The highest BCUT2D eigenvalue weighted by Crippen LogP contribution is 2.33. The van der Waals surface area contributed by atoms with E-state index in [9.17, 15) is 22.8 Å². The van der Waals surface area contributed by atoms with E-state index in [2.05, 4.69) is 20.6 Å². The number of rotatable bonds is 10. The topological polar surface area (TPSA) is 106 Å². The molecule has 0 aliphatic rings. The van der Waals surface area contributed by atoms with Crippen LogP contribution >= 0.6 is 0 Å². The van der Waals surface area contributed by atoms with Gasteiger partial charge < -0.3 is 25.0 Å². The number of ether oxygens (including phenoxy) is 2. The van der Waals surface area contributed by atoms with Gasteiger partial charge in [-0.05, 0) is 43.9 Å². The lowest BCUT2D eigenvalue weighted by Gasteiger charge is -2.14. The molecular weight excluding hydrogens is 570 g/mol. The van der Waals surface area contributed by atoms with Gasteiger partial charge in [-0.2, -0.15) is 13.2 Å². The van der Waals surface area contributed by atoms with Crippen LogP contribution in [0.15, 0.2) is 54.7 Å². The normalized spacial score (nSPS) is 11.5. The first-order valence-electron chi connectivity index (χ1n) is 13.0. The minimum absolute atomic E-state index is 0.00929. The van der Waals surface area contributed by atoms with Crippen LogP contribution < -0.4 is 20.1 Å². The fourth-order valence-electron chi connectivity index (χ4n) is 4.20. The van der Waals surface area contributed by atoms with Crippen molar-refractivity contribution in [2.24, 2.45) is 0 Å². The van der Waals surface area contributed by atoms with Crippen LogP contribution in [-0.2, 0) is 17.4 Å². The molecular formula is C30H29F4N5O4. The smallest absolute Gasteiger partial charge is 0.416 e. The van der Waals surface area contributed by atoms with Crippen molar-refractivity contribution in [3.8, 4) is 22.8 Å². The van der Waals surface area contributed by atoms with Gasteiger partial charge in [0.1, 0.15) is 5.82 Å². The van der Waals surface area contributed by atoms with Gasteiger partial charge in [0.25, 0.3) is 5.91 Å². The summed E-state index contributed by atoms with van der Waals surface area (Å²) in [5.41, 5.74) is 0.190. The van der Waals surface area contributed by atoms with E-state index < -0.39 is 35.8 Å². The molecule has 1 heterocycles. The lowest BCUT2D eigenvalue weighted by atomic mass is 10.0. The standard InChI is InChI=1S/C30H29F4N5O4/c1-39(2)8-7-35-29(41)19-9-20(30(32,33)34)13-21(10-19)37-28(40)12-17-5-6-18(11-22(17)31)25-16-36-23-14-26(42-3)27(43-4)15-24(23)38-25/h5-6,9-11,13-16H,7-8,12H2,1-4H3,(H,35,41)(H,37,40). The zero-order valence-corrected chi connectivity index (χ0v) is 23.8.